The van der Waals surface area contributed by atoms with E-state index in [1.54, 1.807) is 0 Å². The molecule has 1 heterocycles. The number of hydrogen-bond acceptors (Lipinski definition) is 2. The van der Waals surface area contributed by atoms with Crippen molar-refractivity contribution in [2.45, 2.75) is 38.1 Å². The molecule has 0 aromatic rings. The molecule has 0 aromatic carbocycles. The van der Waals surface area contributed by atoms with Crippen LogP contribution in [0.5, 0.6) is 0 Å². The molecule has 2 atom stereocenters. The van der Waals surface area contributed by atoms with Crippen LogP contribution in [-0.2, 0) is 0 Å². The van der Waals surface area contributed by atoms with Gasteiger partial charge in [0.25, 0.3) is 0 Å². The minimum Gasteiger partial charge on any atom is -0.327 e. The van der Waals surface area contributed by atoms with E-state index in [0.29, 0.717) is 6.04 Å². The molecule has 1 saturated heterocycles. The highest BCUT2D eigenvalue weighted by atomic mass is 14.9. The van der Waals surface area contributed by atoms with E-state index in [1.807, 2.05) is 0 Å². The lowest BCUT2D eigenvalue weighted by atomic mass is 9.74. The highest BCUT2D eigenvalue weighted by molar-refractivity contribution is 4.87. The Morgan fingerprint density at radius 1 is 1.08 bits per heavy atom. The average Bonchev–Trinajstić information content (AvgIpc) is 2.03. The van der Waals surface area contributed by atoms with Crippen molar-refractivity contribution in [2.24, 2.45) is 17.6 Å². The van der Waals surface area contributed by atoms with Gasteiger partial charge in [-0.1, -0.05) is 6.42 Å². The first-order valence-corrected chi connectivity index (χ1v) is 5.34. The fourth-order valence-corrected chi connectivity index (χ4v) is 2.42. The van der Waals surface area contributed by atoms with Crippen LogP contribution < -0.4 is 11.1 Å². The summed E-state index contributed by atoms with van der Waals surface area (Å²) in [4.78, 5) is 0. The number of nitrogens with two attached hydrogens (primary N) is 1. The lowest BCUT2D eigenvalue weighted by Crippen LogP contribution is -2.46. The van der Waals surface area contributed by atoms with Gasteiger partial charge < -0.3 is 11.1 Å². The van der Waals surface area contributed by atoms with E-state index in [4.69, 9.17) is 5.73 Å². The van der Waals surface area contributed by atoms with Crippen molar-refractivity contribution >= 4 is 0 Å². The maximum absolute atomic E-state index is 6.21. The summed E-state index contributed by atoms with van der Waals surface area (Å²) in [5.41, 5.74) is 6.21. The molecule has 2 unspecified atom stereocenters. The second-order valence-corrected chi connectivity index (χ2v) is 4.37. The van der Waals surface area contributed by atoms with E-state index < -0.39 is 0 Å². The summed E-state index contributed by atoms with van der Waals surface area (Å²) >= 11 is 0. The molecule has 1 aliphatic carbocycles. The Kier molecular flexibility index (Phi) is 2.66. The van der Waals surface area contributed by atoms with Gasteiger partial charge in [-0.05, 0) is 50.6 Å². The average molecular weight is 168 g/mol. The zero-order valence-electron chi connectivity index (χ0n) is 7.76. The molecular formula is C10H20N2. The van der Waals surface area contributed by atoms with Gasteiger partial charge in [-0.15, -0.1) is 0 Å². The molecule has 1 aliphatic heterocycles. The standard InChI is InChI=1S/C10H20N2/c11-10(8-3-1-4-8)9-5-2-6-12-7-9/h8-10,12H,1-7,11H2. The van der Waals surface area contributed by atoms with Crippen LogP contribution in [0, 0.1) is 11.8 Å². The third kappa shape index (κ3) is 1.64. The molecular weight excluding hydrogens is 148 g/mol. The topological polar surface area (TPSA) is 38.0 Å². The predicted molar refractivity (Wildman–Crippen MR) is 50.9 cm³/mol. The zero-order chi connectivity index (χ0) is 8.39. The molecule has 0 aromatic heterocycles. The molecule has 0 amide bonds. The van der Waals surface area contributed by atoms with Gasteiger partial charge in [-0.2, -0.15) is 0 Å². The summed E-state index contributed by atoms with van der Waals surface area (Å²) in [6.45, 7) is 2.37. The van der Waals surface area contributed by atoms with Crippen LogP contribution in [0.1, 0.15) is 32.1 Å². The Morgan fingerprint density at radius 3 is 2.33 bits per heavy atom. The zero-order valence-corrected chi connectivity index (χ0v) is 7.76. The molecule has 0 spiro atoms. The van der Waals surface area contributed by atoms with Crippen LogP contribution in [0.3, 0.4) is 0 Å². The molecule has 0 bridgehead atoms. The first-order chi connectivity index (χ1) is 5.88. The first-order valence-electron chi connectivity index (χ1n) is 5.34. The lowest BCUT2D eigenvalue weighted by molar-refractivity contribution is 0.185. The lowest BCUT2D eigenvalue weighted by Gasteiger charge is -2.38. The van der Waals surface area contributed by atoms with Gasteiger partial charge in [0.15, 0.2) is 0 Å². The molecule has 12 heavy (non-hydrogen) atoms. The SMILES string of the molecule is NC(C1CCC1)C1CCCNC1. The minimum absolute atomic E-state index is 0.492. The van der Waals surface area contributed by atoms with Crippen LogP contribution in [0.15, 0.2) is 0 Å². The Balaban J connectivity index is 1.80. The summed E-state index contributed by atoms with van der Waals surface area (Å²) < 4.78 is 0. The summed E-state index contributed by atoms with van der Waals surface area (Å²) in [7, 11) is 0. The molecule has 2 nitrogen and oxygen atoms in total. The minimum atomic E-state index is 0.492. The Morgan fingerprint density at radius 2 is 1.83 bits per heavy atom. The summed E-state index contributed by atoms with van der Waals surface area (Å²) in [6, 6.07) is 0.492. The van der Waals surface area contributed by atoms with E-state index in [0.717, 1.165) is 18.4 Å². The van der Waals surface area contributed by atoms with E-state index in [2.05, 4.69) is 5.32 Å². The maximum Gasteiger partial charge on any atom is 0.0108 e. The van der Waals surface area contributed by atoms with Gasteiger partial charge in [-0.25, -0.2) is 0 Å². The highest BCUT2D eigenvalue weighted by Crippen LogP contribution is 2.33. The highest BCUT2D eigenvalue weighted by Gasteiger charge is 2.30. The van der Waals surface area contributed by atoms with Crippen molar-refractivity contribution in [3.63, 3.8) is 0 Å². The number of rotatable bonds is 2. The van der Waals surface area contributed by atoms with Gasteiger partial charge in [-0.3, -0.25) is 0 Å². The van der Waals surface area contributed by atoms with Gasteiger partial charge in [0.1, 0.15) is 0 Å². The summed E-state index contributed by atoms with van der Waals surface area (Å²) in [5, 5.41) is 3.44. The largest absolute Gasteiger partial charge is 0.327 e. The normalized spacial score (nSPS) is 34.2. The quantitative estimate of drug-likeness (QED) is 0.648. The van der Waals surface area contributed by atoms with E-state index in [-0.39, 0.29) is 0 Å². The van der Waals surface area contributed by atoms with Crippen LogP contribution in [-0.4, -0.2) is 19.1 Å². The molecule has 2 rings (SSSR count). The van der Waals surface area contributed by atoms with Gasteiger partial charge in [0.2, 0.25) is 0 Å². The van der Waals surface area contributed by atoms with Crippen molar-refractivity contribution in [3.05, 3.63) is 0 Å². The summed E-state index contributed by atoms with van der Waals surface area (Å²) in [5.74, 6) is 1.62. The fraction of sp³-hybridized carbons (Fsp3) is 1.00. The van der Waals surface area contributed by atoms with Crippen LogP contribution >= 0.6 is 0 Å². The molecule has 3 N–H and O–H groups in total. The van der Waals surface area contributed by atoms with E-state index in [9.17, 15) is 0 Å². The second-order valence-electron chi connectivity index (χ2n) is 4.37. The number of piperidine rings is 1. The maximum atomic E-state index is 6.21. The van der Waals surface area contributed by atoms with Crippen LogP contribution in [0.4, 0.5) is 0 Å². The van der Waals surface area contributed by atoms with Crippen molar-refractivity contribution in [1.82, 2.24) is 5.32 Å². The molecule has 2 aliphatic rings. The molecule has 0 radical (unpaired) electrons. The first kappa shape index (κ1) is 8.52. The fourth-order valence-electron chi connectivity index (χ4n) is 2.42. The van der Waals surface area contributed by atoms with Crippen LogP contribution in [0.2, 0.25) is 0 Å². The Labute approximate surface area is 74.9 Å². The summed E-state index contributed by atoms with van der Waals surface area (Å²) in [6.07, 6.45) is 6.86. The van der Waals surface area contributed by atoms with Gasteiger partial charge >= 0.3 is 0 Å². The van der Waals surface area contributed by atoms with Gasteiger partial charge in [0.05, 0.1) is 0 Å². The second kappa shape index (κ2) is 3.75. The number of hydrogen-bond donors (Lipinski definition) is 2. The van der Waals surface area contributed by atoms with Crippen LogP contribution in [0.25, 0.3) is 0 Å². The third-order valence-corrected chi connectivity index (χ3v) is 3.57. The van der Waals surface area contributed by atoms with E-state index in [1.165, 1.54) is 38.6 Å². The molecule has 1 saturated carbocycles. The number of nitrogens with one attached hydrogen (secondary N) is 1. The monoisotopic (exact) mass is 168 g/mol. The Hall–Kier alpha value is -0.0800. The molecule has 2 fully saturated rings. The molecule has 70 valence electrons. The molecule has 2 heteroatoms. The predicted octanol–water partition coefficient (Wildman–Crippen LogP) is 1.11. The van der Waals surface area contributed by atoms with Crippen molar-refractivity contribution < 1.29 is 0 Å². The smallest absolute Gasteiger partial charge is 0.0108 e. The Bertz CT molecular complexity index is 137. The van der Waals surface area contributed by atoms with E-state index >= 15 is 0 Å². The van der Waals surface area contributed by atoms with Gasteiger partial charge in [0, 0.05) is 6.04 Å². The van der Waals surface area contributed by atoms with Crippen molar-refractivity contribution in [2.75, 3.05) is 13.1 Å². The third-order valence-electron chi connectivity index (χ3n) is 3.57. The van der Waals surface area contributed by atoms with Crippen molar-refractivity contribution in [1.29, 1.82) is 0 Å². The van der Waals surface area contributed by atoms with Crippen molar-refractivity contribution in [3.8, 4) is 0 Å².